The number of aromatic nitrogens is 1. The summed E-state index contributed by atoms with van der Waals surface area (Å²) in [7, 11) is 0. The van der Waals surface area contributed by atoms with E-state index in [0.717, 1.165) is 10.9 Å². The van der Waals surface area contributed by atoms with Gasteiger partial charge in [-0.15, -0.1) is 0 Å². The standard InChI is InChI=1S/C23H16N2O5/c26-17-9-4-3-8-16(17)25-20(14-12-24-15-7-2-1-6-13(14)15)19(22(28)23(25)29)21(27)18-10-5-11-30-18/h1-12,20,24,26,28H. The van der Waals surface area contributed by atoms with E-state index in [1.165, 1.54) is 23.3 Å². The van der Waals surface area contributed by atoms with Gasteiger partial charge in [-0.1, -0.05) is 30.3 Å². The van der Waals surface area contributed by atoms with E-state index in [1.807, 2.05) is 24.3 Å². The van der Waals surface area contributed by atoms with Crippen LogP contribution in [-0.2, 0) is 4.79 Å². The first-order valence-corrected chi connectivity index (χ1v) is 9.27. The Morgan fingerprint density at radius 2 is 1.77 bits per heavy atom. The number of benzene rings is 2. The van der Waals surface area contributed by atoms with Crippen molar-refractivity contribution < 1.29 is 24.2 Å². The number of nitrogens with one attached hydrogen (secondary N) is 1. The summed E-state index contributed by atoms with van der Waals surface area (Å²) in [5.74, 6) is -2.18. The first-order chi connectivity index (χ1) is 14.6. The molecule has 0 spiro atoms. The van der Waals surface area contributed by atoms with Crippen LogP contribution < -0.4 is 4.90 Å². The predicted octanol–water partition coefficient (Wildman–Crippen LogP) is 4.25. The number of carbonyl (C=O) groups excluding carboxylic acids is 2. The molecule has 3 N–H and O–H groups in total. The highest BCUT2D eigenvalue weighted by molar-refractivity contribution is 6.20. The van der Waals surface area contributed by atoms with Gasteiger partial charge in [-0.05, 0) is 30.3 Å². The Hall–Kier alpha value is -4.26. The first kappa shape index (κ1) is 17.8. The molecule has 1 amide bonds. The highest BCUT2D eigenvalue weighted by Gasteiger charge is 2.46. The van der Waals surface area contributed by atoms with Crippen molar-refractivity contribution in [3.8, 4) is 5.75 Å². The van der Waals surface area contributed by atoms with E-state index in [2.05, 4.69) is 4.98 Å². The fourth-order valence-corrected chi connectivity index (χ4v) is 3.91. The molecule has 2 aromatic heterocycles. The number of hydrogen-bond donors (Lipinski definition) is 3. The molecule has 5 rings (SSSR count). The Kier molecular flexibility index (Phi) is 3.96. The molecule has 4 aromatic rings. The van der Waals surface area contributed by atoms with Crippen LogP contribution >= 0.6 is 0 Å². The fourth-order valence-electron chi connectivity index (χ4n) is 3.91. The number of phenolic OH excluding ortho intramolecular Hbond substituents is 1. The maximum Gasteiger partial charge on any atom is 0.294 e. The lowest BCUT2D eigenvalue weighted by molar-refractivity contribution is -0.117. The molecule has 0 bridgehead atoms. The van der Waals surface area contributed by atoms with Crippen molar-refractivity contribution in [2.24, 2.45) is 0 Å². The van der Waals surface area contributed by atoms with E-state index >= 15 is 0 Å². The molecule has 1 atom stereocenters. The van der Waals surface area contributed by atoms with E-state index in [1.54, 1.807) is 30.5 Å². The molecule has 0 fully saturated rings. The molecular formula is C23H16N2O5. The molecule has 2 aromatic carbocycles. The van der Waals surface area contributed by atoms with Gasteiger partial charge in [0.1, 0.15) is 5.75 Å². The van der Waals surface area contributed by atoms with Crippen molar-refractivity contribution in [3.05, 3.63) is 95.8 Å². The van der Waals surface area contributed by atoms with Crippen LogP contribution in [0.4, 0.5) is 5.69 Å². The number of furan rings is 1. The number of aliphatic hydroxyl groups is 1. The molecular weight excluding hydrogens is 384 g/mol. The highest BCUT2D eigenvalue weighted by atomic mass is 16.3. The van der Waals surface area contributed by atoms with Crippen LogP contribution in [0.15, 0.2) is 88.9 Å². The number of aromatic amines is 1. The van der Waals surface area contributed by atoms with Gasteiger partial charge in [0, 0.05) is 22.7 Å². The molecule has 0 radical (unpaired) electrons. The predicted molar refractivity (Wildman–Crippen MR) is 109 cm³/mol. The van der Waals surface area contributed by atoms with Crippen molar-refractivity contribution in [1.82, 2.24) is 4.98 Å². The Balaban J connectivity index is 1.76. The Morgan fingerprint density at radius 1 is 1.00 bits per heavy atom. The SMILES string of the molecule is O=C(C1=C(O)C(=O)N(c2ccccc2O)C1c1c[nH]c2ccccc12)c1ccco1. The van der Waals surface area contributed by atoms with E-state index < -0.39 is 23.5 Å². The molecule has 148 valence electrons. The Labute approximate surface area is 170 Å². The lowest BCUT2D eigenvalue weighted by Crippen LogP contribution is -2.31. The number of para-hydroxylation sites is 3. The quantitative estimate of drug-likeness (QED) is 0.444. The smallest absolute Gasteiger partial charge is 0.294 e. The van der Waals surface area contributed by atoms with Gasteiger partial charge in [-0.25, -0.2) is 0 Å². The summed E-state index contributed by atoms with van der Waals surface area (Å²) < 4.78 is 5.23. The summed E-state index contributed by atoms with van der Waals surface area (Å²) >= 11 is 0. The van der Waals surface area contributed by atoms with Gasteiger partial charge >= 0.3 is 0 Å². The van der Waals surface area contributed by atoms with Crippen LogP contribution in [0.25, 0.3) is 10.9 Å². The number of aliphatic hydroxyl groups excluding tert-OH is 1. The zero-order valence-corrected chi connectivity index (χ0v) is 15.6. The number of rotatable bonds is 4. The zero-order valence-electron chi connectivity index (χ0n) is 15.6. The van der Waals surface area contributed by atoms with Gasteiger partial charge < -0.3 is 19.6 Å². The molecule has 0 saturated carbocycles. The number of H-pyrrole nitrogens is 1. The maximum absolute atomic E-state index is 13.2. The van der Waals surface area contributed by atoms with E-state index in [0.29, 0.717) is 5.56 Å². The minimum atomic E-state index is -0.959. The van der Waals surface area contributed by atoms with E-state index in [-0.39, 0.29) is 22.8 Å². The number of fused-ring (bicyclic) bond motifs is 1. The minimum Gasteiger partial charge on any atom is -0.506 e. The second-order valence-corrected chi connectivity index (χ2v) is 6.92. The fraction of sp³-hybridized carbons (Fsp3) is 0.0435. The van der Waals surface area contributed by atoms with Crippen LogP contribution in [-0.4, -0.2) is 26.9 Å². The number of anilines is 1. The summed E-state index contributed by atoms with van der Waals surface area (Å²) in [6.45, 7) is 0. The maximum atomic E-state index is 13.2. The average molecular weight is 400 g/mol. The normalized spacial score (nSPS) is 16.6. The first-order valence-electron chi connectivity index (χ1n) is 9.27. The molecule has 1 aliphatic heterocycles. The third kappa shape index (κ3) is 2.52. The van der Waals surface area contributed by atoms with Crippen LogP contribution in [0, 0.1) is 0 Å². The number of nitrogens with zero attached hydrogens (tertiary/aromatic N) is 1. The molecule has 1 aliphatic rings. The van der Waals surface area contributed by atoms with Gasteiger partial charge in [0.2, 0.25) is 5.78 Å². The van der Waals surface area contributed by atoms with Crippen molar-refractivity contribution in [3.63, 3.8) is 0 Å². The molecule has 0 saturated heterocycles. The second-order valence-electron chi connectivity index (χ2n) is 6.92. The Bertz CT molecular complexity index is 1320. The van der Waals surface area contributed by atoms with Crippen LogP contribution in [0.5, 0.6) is 5.75 Å². The summed E-state index contributed by atoms with van der Waals surface area (Å²) in [5, 5.41) is 21.9. The molecule has 7 nitrogen and oxygen atoms in total. The molecule has 30 heavy (non-hydrogen) atoms. The second kappa shape index (κ2) is 6.66. The highest BCUT2D eigenvalue weighted by Crippen LogP contribution is 2.46. The van der Waals surface area contributed by atoms with Gasteiger partial charge in [0.25, 0.3) is 5.91 Å². The number of amides is 1. The summed E-state index contributed by atoms with van der Waals surface area (Å²) in [6.07, 6.45) is 3.05. The van der Waals surface area contributed by atoms with Crippen molar-refractivity contribution in [1.29, 1.82) is 0 Å². The lowest BCUT2D eigenvalue weighted by Gasteiger charge is -2.26. The van der Waals surface area contributed by atoms with Crippen LogP contribution in [0.1, 0.15) is 22.2 Å². The third-order valence-electron chi connectivity index (χ3n) is 5.25. The minimum absolute atomic E-state index is 0.00771. The van der Waals surface area contributed by atoms with Gasteiger partial charge in [-0.2, -0.15) is 0 Å². The summed E-state index contributed by atoms with van der Waals surface area (Å²) in [4.78, 5) is 30.7. The van der Waals surface area contributed by atoms with Gasteiger partial charge in [0.05, 0.1) is 23.6 Å². The van der Waals surface area contributed by atoms with Crippen LogP contribution in [0.3, 0.4) is 0 Å². The van der Waals surface area contributed by atoms with Crippen molar-refractivity contribution in [2.45, 2.75) is 6.04 Å². The number of hydrogen-bond acceptors (Lipinski definition) is 5. The van der Waals surface area contributed by atoms with Crippen molar-refractivity contribution in [2.75, 3.05) is 4.90 Å². The zero-order chi connectivity index (χ0) is 20.8. The monoisotopic (exact) mass is 400 g/mol. The molecule has 1 unspecified atom stereocenters. The number of carbonyl (C=O) groups is 2. The largest absolute Gasteiger partial charge is 0.506 e. The number of phenols is 1. The number of aromatic hydroxyl groups is 1. The van der Waals surface area contributed by atoms with Gasteiger partial charge in [0.15, 0.2) is 11.5 Å². The Morgan fingerprint density at radius 3 is 2.53 bits per heavy atom. The topological polar surface area (TPSA) is 107 Å². The number of Topliss-reactive ketones (excluding diaryl/α,β-unsaturated/α-hetero) is 1. The van der Waals surface area contributed by atoms with E-state index in [9.17, 15) is 19.8 Å². The lowest BCUT2D eigenvalue weighted by atomic mass is 9.94. The average Bonchev–Trinajstić information content (AvgIpc) is 3.48. The van der Waals surface area contributed by atoms with Crippen molar-refractivity contribution >= 4 is 28.3 Å². The van der Waals surface area contributed by atoms with Crippen LogP contribution in [0.2, 0.25) is 0 Å². The van der Waals surface area contributed by atoms with Gasteiger partial charge in [-0.3, -0.25) is 14.5 Å². The summed E-state index contributed by atoms with van der Waals surface area (Å²) in [6, 6.07) is 15.8. The summed E-state index contributed by atoms with van der Waals surface area (Å²) in [5.41, 5.74) is 1.50. The molecule has 3 heterocycles. The number of ketones is 1. The molecule has 7 heteroatoms. The molecule has 0 aliphatic carbocycles. The van der Waals surface area contributed by atoms with E-state index in [4.69, 9.17) is 4.42 Å². The third-order valence-corrected chi connectivity index (χ3v) is 5.25.